The first-order chi connectivity index (χ1) is 13.2. The summed E-state index contributed by atoms with van der Waals surface area (Å²) in [6, 6.07) is 4.87. The Bertz CT molecular complexity index is 754. The largest absolute Gasteiger partial charge is 0.573 e. The van der Waals surface area contributed by atoms with Gasteiger partial charge in [0.15, 0.2) is 5.60 Å². The maximum atomic E-state index is 12.2. The van der Waals surface area contributed by atoms with Gasteiger partial charge in [-0.25, -0.2) is 4.79 Å². The van der Waals surface area contributed by atoms with Gasteiger partial charge in [0.2, 0.25) is 0 Å². The third-order valence-electron chi connectivity index (χ3n) is 5.07. The third-order valence-corrected chi connectivity index (χ3v) is 5.07. The first kappa shape index (κ1) is 24.5. The summed E-state index contributed by atoms with van der Waals surface area (Å²) in [5, 5.41) is 30.4. The highest BCUT2D eigenvalue weighted by atomic mass is 19.4. The molecule has 0 spiro atoms. The number of hydrogen-bond donors (Lipinski definition) is 3. The van der Waals surface area contributed by atoms with E-state index in [9.17, 15) is 38.1 Å². The van der Waals surface area contributed by atoms with E-state index in [4.69, 9.17) is 0 Å². The van der Waals surface area contributed by atoms with Crippen LogP contribution in [0.25, 0.3) is 6.08 Å². The molecule has 2 atom stereocenters. The molecule has 0 aliphatic heterocycles. The molecule has 0 unspecified atom stereocenters. The van der Waals surface area contributed by atoms with Crippen LogP contribution in [0, 0.1) is 17.3 Å². The van der Waals surface area contributed by atoms with E-state index >= 15 is 0 Å². The van der Waals surface area contributed by atoms with Crippen molar-refractivity contribution >= 4 is 18.0 Å². The summed E-state index contributed by atoms with van der Waals surface area (Å²) in [6.45, 7) is 5.89. The predicted molar refractivity (Wildman–Crippen MR) is 99.1 cm³/mol. The Kier molecular flexibility index (Phi) is 7.48. The van der Waals surface area contributed by atoms with Gasteiger partial charge in [-0.2, -0.15) is 0 Å². The van der Waals surface area contributed by atoms with Gasteiger partial charge in [0, 0.05) is 0 Å². The summed E-state index contributed by atoms with van der Waals surface area (Å²) in [5.41, 5.74) is -4.11. The maximum absolute atomic E-state index is 12.2. The number of allylic oxidation sites excluding steroid dienone is 1. The normalized spacial score (nSPS) is 16.6. The van der Waals surface area contributed by atoms with Crippen molar-refractivity contribution < 1.29 is 42.8 Å². The average Bonchev–Trinajstić information content (AvgIpc) is 2.57. The highest BCUT2D eigenvalue weighted by molar-refractivity contribution is 5.89. The molecule has 0 radical (unpaired) electrons. The van der Waals surface area contributed by atoms with Crippen molar-refractivity contribution in [3.8, 4) is 5.75 Å². The summed E-state index contributed by atoms with van der Waals surface area (Å²) >= 11 is 0. The summed E-state index contributed by atoms with van der Waals surface area (Å²) in [5.74, 6) is -5.13. The smallest absolute Gasteiger partial charge is 0.481 e. The molecule has 0 aliphatic carbocycles. The first-order valence-corrected chi connectivity index (χ1v) is 8.90. The van der Waals surface area contributed by atoms with Crippen LogP contribution in [0.5, 0.6) is 5.75 Å². The Balaban J connectivity index is 3.23. The van der Waals surface area contributed by atoms with Crippen LogP contribution in [0.2, 0.25) is 0 Å². The second-order valence-corrected chi connectivity index (χ2v) is 7.38. The van der Waals surface area contributed by atoms with E-state index in [-0.39, 0.29) is 6.42 Å². The van der Waals surface area contributed by atoms with E-state index in [2.05, 4.69) is 4.74 Å². The summed E-state index contributed by atoms with van der Waals surface area (Å²) in [4.78, 5) is 24.0. The van der Waals surface area contributed by atoms with Crippen LogP contribution in [0.15, 0.2) is 30.3 Å². The molecule has 1 rings (SSSR count). The second kappa shape index (κ2) is 8.86. The van der Waals surface area contributed by atoms with Crippen molar-refractivity contribution in [3.05, 3.63) is 35.9 Å². The zero-order valence-corrected chi connectivity index (χ0v) is 16.5. The molecule has 0 amide bonds. The van der Waals surface area contributed by atoms with Crippen molar-refractivity contribution in [2.75, 3.05) is 0 Å². The fourth-order valence-electron chi connectivity index (χ4n) is 3.44. The van der Waals surface area contributed by atoms with Crippen molar-refractivity contribution in [1.82, 2.24) is 0 Å². The minimum Gasteiger partial charge on any atom is -0.481 e. The van der Waals surface area contributed by atoms with E-state index in [0.717, 1.165) is 12.1 Å². The van der Waals surface area contributed by atoms with Gasteiger partial charge in [0.1, 0.15) is 11.2 Å². The zero-order valence-electron chi connectivity index (χ0n) is 16.5. The van der Waals surface area contributed by atoms with Gasteiger partial charge in [0.05, 0.1) is 0 Å². The molecule has 0 aromatic heterocycles. The molecule has 3 N–H and O–H groups in total. The predicted octanol–water partition coefficient (Wildman–Crippen LogP) is 4.19. The second-order valence-electron chi connectivity index (χ2n) is 7.38. The van der Waals surface area contributed by atoms with Gasteiger partial charge < -0.3 is 20.1 Å². The number of rotatable bonds is 9. The molecule has 162 valence electrons. The summed E-state index contributed by atoms with van der Waals surface area (Å²) < 4.78 is 40.4. The molecule has 6 nitrogen and oxygen atoms in total. The van der Waals surface area contributed by atoms with Crippen LogP contribution in [-0.4, -0.2) is 39.2 Å². The van der Waals surface area contributed by atoms with Crippen LogP contribution in [0.1, 0.15) is 39.7 Å². The highest BCUT2D eigenvalue weighted by Gasteiger charge is 2.63. The maximum Gasteiger partial charge on any atom is 0.573 e. The number of carboxylic acid groups (broad SMARTS) is 2. The van der Waals surface area contributed by atoms with Crippen molar-refractivity contribution in [3.63, 3.8) is 0 Å². The van der Waals surface area contributed by atoms with Crippen LogP contribution in [0.3, 0.4) is 0 Å². The van der Waals surface area contributed by atoms with Crippen molar-refractivity contribution in [1.29, 1.82) is 0 Å². The molecule has 0 bridgehead atoms. The molecule has 9 heteroatoms. The van der Waals surface area contributed by atoms with E-state index in [1.807, 2.05) is 0 Å². The standard InChI is InChI=1S/C20H25F3O6/c1-12(2)18(16(24)25,19(28,13(3)4)17(26)27)11-5-6-14-7-9-15(10-8-14)29-20(21,22)23/h5-10,12-13,28H,11H2,1-4H3,(H,24,25)(H,26,27)/b6-5+/t18-,19+/m0/s1. The van der Waals surface area contributed by atoms with E-state index in [1.54, 1.807) is 0 Å². The van der Waals surface area contributed by atoms with Crippen molar-refractivity contribution in [2.24, 2.45) is 17.3 Å². The molecule has 0 saturated carbocycles. The van der Waals surface area contributed by atoms with Gasteiger partial charge in [-0.05, 0) is 36.0 Å². The number of benzene rings is 1. The highest BCUT2D eigenvalue weighted by Crippen LogP contribution is 2.47. The Morgan fingerprint density at radius 2 is 1.52 bits per heavy atom. The number of carboxylic acids is 2. The van der Waals surface area contributed by atoms with Crippen LogP contribution < -0.4 is 4.74 Å². The zero-order chi connectivity index (χ0) is 22.6. The number of alkyl halides is 3. The van der Waals surface area contributed by atoms with Crippen molar-refractivity contribution in [2.45, 2.75) is 46.1 Å². The first-order valence-electron chi connectivity index (χ1n) is 8.90. The molecule has 0 aliphatic rings. The minimum atomic E-state index is -4.81. The Morgan fingerprint density at radius 3 is 1.86 bits per heavy atom. The van der Waals surface area contributed by atoms with E-state index in [0.29, 0.717) is 5.56 Å². The fraction of sp³-hybridized carbons (Fsp3) is 0.500. The SMILES string of the molecule is CC(C)[C@@](O)(C(=O)O)[C@](C/C=C/c1ccc(OC(F)(F)F)cc1)(C(=O)O)C(C)C. The van der Waals surface area contributed by atoms with Crippen LogP contribution in [0.4, 0.5) is 13.2 Å². The lowest BCUT2D eigenvalue weighted by Crippen LogP contribution is -2.63. The topological polar surface area (TPSA) is 104 Å². The van der Waals surface area contributed by atoms with Gasteiger partial charge in [-0.3, -0.25) is 4.79 Å². The van der Waals surface area contributed by atoms with E-state index in [1.165, 1.54) is 52.0 Å². The molecule has 0 saturated heterocycles. The minimum absolute atomic E-state index is 0.304. The number of hydrogen-bond acceptors (Lipinski definition) is 4. The van der Waals surface area contributed by atoms with Crippen LogP contribution in [-0.2, 0) is 9.59 Å². The van der Waals surface area contributed by atoms with Gasteiger partial charge >= 0.3 is 18.3 Å². The fourth-order valence-corrected chi connectivity index (χ4v) is 3.44. The molecular formula is C20H25F3O6. The number of aliphatic hydroxyl groups is 1. The third kappa shape index (κ3) is 5.09. The number of ether oxygens (including phenoxy) is 1. The molecule has 29 heavy (non-hydrogen) atoms. The van der Waals surface area contributed by atoms with Gasteiger partial charge in [-0.1, -0.05) is 52.0 Å². The number of halogens is 3. The molecule has 1 aromatic carbocycles. The average molecular weight is 418 g/mol. The molecular weight excluding hydrogens is 393 g/mol. The Morgan fingerprint density at radius 1 is 1.00 bits per heavy atom. The molecule has 0 fully saturated rings. The molecule has 1 aromatic rings. The summed E-state index contributed by atoms with van der Waals surface area (Å²) in [6.07, 6.45) is -2.28. The van der Waals surface area contributed by atoms with E-state index < -0.39 is 46.9 Å². The lowest BCUT2D eigenvalue weighted by atomic mass is 9.59. The number of aliphatic carboxylic acids is 2. The monoisotopic (exact) mass is 418 g/mol. The quantitative estimate of drug-likeness (QED) is 0.556. The Hall–Kier alpha value is -2.55. The van der Waals surface area contributed by atoms with Gasteiger partial charge in [-0.15, -0.1) is 13.2 Å². The van der Waals surface area contributed by atoms with Crippen LogP contribution >= 0.6 is 0 Å². The summed E-state index contributed by atoms with van der Waals surface area (Å²) in [7, 11) is 0. The van der Waals surface area contributed by atoms with Gasteiger partial charge in [0.25, 0.3) is 0 Å². The lowest BCUT2D eigenvalue weighted by Gasteiger charge is -2.46. The Labute approximate surface area is 166 Å². The molecule has 0 heterocycles. The lowest BCUT2D eigenvalue weighted by molar-refractivity contribution is -0.274. The number of carbonyl (C=O) groups is 2.